The molecule has 1 aliphatic rings. The summed E-state index contributed by atoms with van der Waals surface area (Å²) < 4.78 is 11.5. The summed E-state index contributed by atoms with van der Waals surface area (Å²) in [7, 11) is 1.65. The molecule has 23 heavy (non-hydrogen) atoms. The van der Waals surface area contributed by atoms with E-state index in [-0.39, 0.29) is 6.10 Å². The highest BCUT2D eigenvalue weighted by Gasteiger charge is 2.18. The molecule has 0 atom stereocenters. The second-order valence-corrected chi connectivity index (χ2v) is 6.53. The number of hydrogen-bond donors (Lipinski definition) is 0. The van der Waals surface area contributed by atoms with Crippen LogP contribution in [0.2, 0.25) is 0 Å². The summed E-state index contributed by atoms with van der Waals surface area (Å²) >= 11 is 1.57. The van der Waals surface area contributed by atoms with E-state index in [9.17, 15) is 5.26 Å². The lowest BCUT2D eigenvalue weighted by Crippen LogP contribution is -2.11. The van der Waals surface area contributed by atoms with E-state index in [1.165, 1.54) is 12.8 Å². The van der Waals surface area contributed by atoms with Gasteiger partial charge in [0.1, 0.15) is 6.07 Å². The van der Waals surface area contributed by atoms with Crippen LogP contribution < -0.4 is 9.47 Å². The van der Waals surface area contributed by atoms with Crippen LogP contribution in [-0.4, -0.2) is 13.2 Å². The molecule has 0 N–H and O–H groups in total. The van der Waals surface area contributed by atoms with Crippen molar-refractivity contribution in [2.75, 3.05) is 7.11 Å². The molecule has 3 nitrogen and oxygen atoms in total. The van der Waals surface area contributed by atoms with Crippen molar-refractivity contribution in [3.05, 3.63) is 46.2 Å². The highest BCUT2D eigenvalue weighted by Crippen LogP contribution is 2.33. The first-order valence-electron chi connectivity index (χ1n) is 7.80. The molecule has 0 saturated heterocycles. The molecule has 1 aromatic carbocycles. The van der Waals surface area contributed by atoms with Crippen molar-refractivity contribution < 1.29 is 9.47 Å². The van der Waals surface area contributed by atoms with E-state index in [2.05, 4.69) is 6.07 Å². The summed E-state index contributed by atoms with van der Waals surface area (Å²) in [6, 6.07) is 12.0. The van der Waals surface area contributed by atoms with E-state index in [0.29, 0.717) is 5.57 Å². The topological polar surface area (TPSA) is 42.2 Å². The van der Waals surface area contributed by atoms with Crippen LogP contribution in [0, 0.1) is 11.3 Å². The maximum absolute atomic E-state index is 9.39. The average Bonchev–Trinajstić information content (AvgIpc) is 3.26. The summed E-state index contributed by atoms with van der Waals surface area (Å²) in [6.07, 6.45) is 6.82. The fraction of sp³-hybridized carbons (Fsp3) is 0.316. The van der Waals surface area contributed by atoms with Crippen LogP contribution in [0.25, 0.3) is 11.6 Å². The Labute approximate surface area is 140 Å². The van der Waals surface area contributed by atoms with Crippen molar-refractivity contribution in [3.8, 4) is 17.6 Å². The molecule has 0 spiro atoms. The third kappa shape index (κ3) is 3.75. The molecule has 1 aromatic heterocycles. The van der Waals surface area contributed by atoms with Crippen LogP contribution in [-0.2, 0) is 0 Å². The Hall–Kier alpha value is -2.25. The van der Waals surface area contributed by atoms with Gasteiger partial charge in [0.15, 0.2) is 11.5 Å². The second-order valence-electron chi connectivity index (χ2n) is 5.58. The number of thiophene rings is 1. The Morgan fingerprint density at radius 1 is 1.26 bits per heavy atom. The van der Waals surface area contributed by atoms with E-state index < -0.39 is 0 Å². The van der Waals surface area contributed by atoms with Crippen molar-refractivity contribution in [3.63, 3.8) is 0 Å². The van der Waals surface area contributed by atoms with Crippen molar-refractivity contribution >= 4 is 23.0 Å². The minimum atomic E-state index is 0.274. The Morgan fingerprint density at radius 2 is 2.09 bits per heavy atom. The van der Waals surface area contributed by atoms with Crippen LogP contribution in [0.4, 0.5) is 0 Å². The van der Waals surface area contributed by atoms with Crippen molar-refractivity contribution in [1.82, 2.24) is 0 Å². The number of allylic oxidation sites excluding steroid dienone is 1. The Balaban J connectivity index is 1.89. The van der Waals surface area contributed by atoms with Crippen LogP contribution in [0.3, 0.4) is 0 Å². The minimum Gasteiger partial charge on any atom is -0.493 e. The fourth-order valence-electron chi connectivity index (χ4n) is 2.82. The first-order chi connectivity index (χ1) is 11.3. The van der Waals surface area contributed by atoms with Gasteiger partial charge in [-0.05, 0) is 60.9 Å². The SMILES string of the molecule is COc1ccc(C=C(C#N)c2cccs2)cc1OC1CCCC1. The summed E-state index contributed by atoms with van der Waals surface area (Å²) in [4.78, 5) is 0.974. The van der Waals surface area contributed by atoms with Gasteiger partial charge in [-0.3, -0.25) is 0 Å². The first-order valence-corrected chi connectivity index (χ1v) is 8.68. The predicted octanol–water partition coefficient (Wildman–Crippen LogP) is 5.14. The molecule has 0 bridgehead atoms. The van der Waals surface area contributed by atoms with Gasteiger partial charge in [0.25, 0.3) is 0 Å². The fourth-order valence-corrected chi connectivity index (χ4v) is 3.51. The van der Waals surface area contributed by atoms with Gasteiger partial charge in [0, 0.05) is 4.88 Å². The molecule has 1 aliphatic carbocycles. The van der Waals surface area contributed by atoms with Crippen molar-refractivity contribution in [2.45, 2.75) is 31.8 Å². The largest absolute Gasteiger partial charge is 0.493 e. The quantitative estimate of drug-likeness (QED) is 0.715. The van der Waals surface area contributed by atoms with Gasteiger partial charge in [-0.15, -0.1) is 11.3 Å². The number of methoxy groups -OCH3 is 1. The molecule has 3 rings (SSSR count). The van der Waals surface area contributed by atoms with E-state index in [0.717, 1.165) is 34.8 Å². The zero-order valence-corrected chi connectivity index (χ0v) is 13.9. The van der Waals surface area contributed by atoms with Gasteiger partial charge in [-0.2, -0.15) is 5.26 Å². The van der Waals surface area contributed by atoms with Gasteiger partial charge in [0.05, 0.1) is 18.8 Å². The van der Waals surface area contributed by atoms with E-state index in [1.807, 2.05) is 41.8 Å². The second kappa shape index (κ2) is 7.34. The number of hydrogen-bond acceptors (Lipinski definition) is 4. The summed E-state index contributed by atoms with van der Waals surface area (Å²) in [5.41, 5.74) is 1.61. The van der Waals surface area contributed by atoms with Crippen LogP contribution in [0.15, 0.2) is 35.7 Å². The van der Waals surface area contributed by atoms with E-state index >= 15 is 0 Å². The van der Waals surface area contributed by atoms with Crippen molar-refractivity contribution in [2.24, 2.45) is 0 Å². The van der Waals surface area contributed by atoms with Gasteiger partial charge in [-0.1, -0.05) is 12.1 Å². The molecule has 4 heteroatoms. The average molecular weight is 325 g/mol. The maximum atomic E-state index is 9.39. The van der Waals surface area contributed by atoms with Gasteiger partial charge in [0.2, 0.25) is 0 Å². The van der Waals surface area contributed by atoms with Gasteiger partial charge < -0.3 is 9.47 Å². The summed E-state index contributed by atoms with van der Waals surface area (Å²) in [5, 5.41) is 11.4. The lowest BCUT2D eigenvalue weighted by molar-refractivity contribution is 0.201. The number of ether oxygens (including phenoxy) is 2. The molecule has 1 saturated carbocycles. The molecular formula is C19H19NO2S. The zero-order chi connectivity index (χ0) is 16.1. The first kappa shape index (κ1) is 15.6. The molecule has 2 aromatic rings. The minimum absolute atomic E-state index is 0.274. The highest BCUT2D eigenvalue weighted by atomic mass is 32.1. The number of nitrogens with zero attached hydrogens (tertiary/aromatic N) is 1. The normalized spacial score (nSPS) is 15.4. The number of benzene rings is 1. The third-order valence-corrected chi connectivity index (χ3v) is 4.90. The van der Waals surface area contributed by atoms with Gasteiger partial charge in [-0.25, -0.2) is 0 Å². The Kier molecular flexibility index (Phi) is 4.99. The Bertz CT molecular complexity index is 722. The highest BCUT2D eigenvalue weighted by molar-refractivity contribution is 7.11. The Morgan fingerprint density at radius 3 is 2.74 bits per heavy atom. The molecule has 0 unspecified atom stereocenters. The third-order valence-electron chi connectivity index (χ3n) is 4.00. The van der Waals surface area contributed by atoms with E-state index in [1.54, 1.807) is 18.4 Å². The monoisotopic (exact) mass is 325 g/mol. The van der Waals surface area contributed by atoms with Crippen LogP contribution in [0.5, 0.6) is 11.5 Å². The predicted molar refractivity (Wildman–Crippen MR) is 93.7 cm³/mol. The number of nitriles is 1. The summed E-state index contributed by atoms with van der Waals surface area (Å²) in [6.45, 7) is 0. The smallest absolute Gasteiger partial charge is 0.162 e. The molecule has 0 amide bonds. The molecule has 0 radical (unpaired) electrons. The van der Waals surface area contributed by atoms with Gasteiger partial charge >= 0.3 is 0 Å². The standard InChI is InChI=1S/C19H19NO2S/c1-21-17-9-8-14(11-15(13-20)19-7-4-10-23-19)12-18(17)22-16-5-2-3-6-16/h4,7-12,16H,2-3,5-6H2,1H3. The molecule has 1 fully saturated rings. The molecule has 118 valence electrons. The maximum Gasteiger partial charge on any atom is 0.162 e. The number of rotatable bonds is 5. The zero-order valence-electron chi connectivity index (χ0n) is 13.1. The van der Waals surface area contributed by atoms with E-state index in [4.69, 9.17) is 9.47 Å². The lowest BCUT2D eigenvalue weighted by atomic mass is 10.1. The molecule has 1 heterocycles. The van der Waals surface area contributed by atoms with Crippen molar-refractivity contribution in [1.29, 1.82) is 5.26 Å². The summed E-state index contributed by atoms with van der Waals surface area (Å²) in [5.74, 6) is 1.50. The molecule has 0 aliphatic heterocycles. The van der Waals surface area contributed by atoms with Crippen LogP contribution >= 0.6 is 11.3 Å². The van der Waals surface area contributed by atoms with Crippen LogP contribution in [0.1, 0.15) is 36.1 Å². The molecular weight excluding hydrogens is 306 g/mol. The lowest BCUT2D eigenvalue weighted by Gasteiger charge is -2.16.